The number of imidazole rings is 1. The summed E-state index contributed by atoms with van der Waals surface area (Å²) in [5.74, 6) is -0.769. The van der Waals surface area contributed by atoms with Gasteiger partial charge in [-0.05, 0) is 41.5 Å². The standard InChI is InChI=1S/C21H13F3N2O2/c22-21(23,24)16-10-14(9-15(11-16)20(27)28)12-5-7-13(8-6-12)19-25-17-3-1-2-4-18(17)26-19/h1-11H,(H,25,26)(H,27,28). The van der Waals surface area contributed by atoms with Crippen LogP contribution in [0.3, 0.4) is 0 Å². The highest BCUT2D eigenvalue weighted by molar-refractivity contribution is 5.90. The van der Waals surface area contributed by atoms with E-state index in [4.69, 9.17) is 5.11 Å². The number of carboxylic acid groups (broad SMARTS) is 1. The van der Waals surface area contributed by atoms with E-state index in [1.807, 2.05) is 24.3 Å². The number of alkyl halides is 3. The molecule has 0 atom stereocenters. The second kappa shape index (κ2) is 6.53. The number of para-hydroxylation sites is 2. The molecule has 0 radical (unpaired) electrons. The second-order valence-electron chi connectivity index (χ2n) is 6.28. The fraction of sp³-hybridized carbons (Fsp3) is 0.0476. The molecule has 4 nitrogen and oxygen atoms in total. The van der Waals surface area contributed by atoms with Crippen LogP contribution in [0, 0.1) is 0 Å². The van der Waals surface area contributed by atoms with Gasteiger partial charge in [0, 0.05) is 5.56 Å². The van der Waals surface area contributed by atoms with Crippen LogP contribution in [0.1, 0.15) is 15.9 Å². The van der Waals surface area contributed by atoms with Gasteiger partial charge >= 0.3 is 12.1 Å². The van der Waals surface area contributed by atoms with Crippen molar-refractivity contribution in [3.63, 3.8) is 0 Å². The maximum atomic E-state index is 13.1. The van der Waals surface area contributed by atoms with E-state index in [0.717, 1.165) is 22.7 Å². The fourth-order valence-electron chi connectivity index (χ4n) is 2.99. The van der Waals surface area contributed by atoms with Crippen LogP contribution in [0.4, 0.5) is 13.2 Å². The normalized spacial score (nSPS) is 11.7. The first kappa shape index (κ1) is 17.8. The number of aromatic nitrogens is 2. The highest BCUT2D eigenvalue weighted by atomic mass is 19.4. The molecule has 28 heavy (non-hydrogen) atoms. The highest BCUT2D eigenvalue weighted by Gasteiger charge is 2.32. The van der Waals surface area contributed by atoms with Gasteiger partial charge in [0.15, 0.2) is 0 Å². The molecule has 4 rings (SSSR count). The number of benzene rings is 3. The smallest absolute Gasteiger partial charge is 0.416 e. The van der Waals surface area contributed by atoms with Gasteiger partial charge in [-0.15, -0.1) is 0 Å². The summed E-state index contributed by atoms with van der Waals surface area (Å²) in [5, 5.41) is 9.13. The van der Waals surface area contributed by atoms with E-state index in [1.165, 1.54) is 6.07 Å². The lowest BCUT2D eigenvalue weighted by Gasteiger charge is -2.11. The predicted octanol–water partition coefficient (Wildman–Crippen LogP) is 5.61. The number of halogens is 3. The molecule has 0 amide bonds. The van der Waals surface area contributed by atoms with Crippen LogP contribution in [0.25, 0.3) is 33.5 Å². The Labute approximate surface area is 157 Å². The zero-order valence-corrected chi connectivity index (χ0v) is 14.3. The van der Waals surface area contributed by atoms with Crippen molar-refractivity contribution in [1.29, 1.82) is 0 Å². The third-order valence-electron chi connectivity index (χ3n) is 4.39. The van der Waals surface area contributed by atoms with Crippen molar-refractivity contribution >= 4 is 17.0 Å². The third-order valence-corrected chi connectivity index (χ3v) is 4.39. The fourth-order valence-corrected chi connectivity index (χ4v) is 2.99. The van der Waals surface area contributed by atoms with Crippen LogP contribution >= 0.6 is 0 Å². The lowest BCUT2D eigenvalue weighted by atomic mass is 9.98. The molecular weight excluding hydrogens is 369 g/mol. The molecule has 0 unspecified atom stereocenters. The molecule has 0 aliphatic carbocycles. The molecule has 0 aliphatic heterocycles. The molecule has 0 saturated carbocycles. The molecule has 0 bridgehead atoms. The van der Waals surface area contributed by atoms with Crippen molar-refractivity contribution in [3.8, 4) is 22.5 Å². The molecule has 0 spiro atoms. The van der Waals surface area contributed by atoms with Gasteiger partial charge in [0.05, 0.1) is 22.2 Å². The first-order valence-corrected chi connectivity index (χ1v) is 8.32. The third kappa shape index (κ3) is 3.34. The maximum absolute atomic E-state index is 13.1. The minimum Gasteiger partial charge on any atom is -0.478 e. The molecular formula is C21H13F3N2O2. The summed E-state index contributed by atoms with van der Waals surface area (Å²) in [4.78, 5) is 18.9. The van der Waals surface area contributed by atoms with E-state index in [1.54, 1.807) is 24.3 Å². The maximum Gasteiger partial charge on any atom is 0.416 e. The minimum absolute atomic E-state index is 0.184. The minimum atomic E-state index is -4.63. The van der Waals surface area contributed by atoms with Crippen molar-refractivity contribution in [2.24, 2.45) is 0 Å². The highest BCUT2D eigenvalue weighted by Crippen LogP contribution is 2.34. The molecule has 1 heterocycles. The lowest BCUT2D eigenvalue weighted by Crippen LogP contribution is -2.08. The van der Waals surface area contributed by atoms with E-state index in [0.29, 0.717) is 17.5 Å². The second-order valence-corrected chi connectivity index (χ2v) is 6.28. The average Bonchev–Trinajstić information content (AvgIpc) is 3.11. The van der Waals surface area contributed by atoms with E-state index in [2.05, 4.69) is 9.97 Å². The van der Waals surface area contributed by atoms with Crippen molar-refractivity contribution < 1.29 is 23.1 Å². The van der Waals surface area contributed by atoms with E-state index < -0.39 is 23.3 Å². The Bertz CT molecular complexity index is 1150. The zero-order valence-electron chi connectivity index (χ0n) is 14.3. The molecule has 1 aromatic heterocycles. The van der Waals surface area contributed by atoms with Crippen LogP contribution in [0.15, 0.2) is 66.7 Å². The van der Waals surface area contributed by atoms with E-state index >= 15 is 0 Å². The van der Waals surface area contributed by atoms with Gasteiger partial charge in [0.25, 0.3) is 0 Å². The van der Waals surface area contributed by atoms with Gasteiger partial charge in [-0.25, -0.2) is 9.78 Å². The summed E-state index contributed by atoms with van der Waals surface area (Å²) in [5.41, 5.74) is 1.72. The van der Waals surface area contributed by atoms with Crippen LogP contribution in [-0.2, 0) is 6.18 Å². The van der Waals surface area contributed by atoms with E-state index in [-0.39, 0.29) is 5.56 Å². The summed E-state index contributed by atoms with van der Waals surface area (Å²) in [6, 6.07) is 17.1. The monoisotopic (exact) mass is 382 g/mol. The van der Waals surface area contributed by atoms with Crippen LogP contribution in [0.5, 0.6) is 0 Å². The Morgan fingerprint density at radius 3 is 2.21 bits per heavy atom. The first-order chi connectivity index (χ1) is 13.3. The van der Waals surface area contributed by atoms with Crippen molar-refractivity contribution in [2.75, 3.05) is 0 Å². The summed E-state index contributed by atoms with van der Waals surface area (Å²) in [6.07, 6.45) is -4.63. The molecule has 4 aromatic rings. The number of nitrogens with one attached hydrogen (secondary N) is 1. The number of hydrogen-bond donors (Lipinski definition) is 2. The number of fused-ring (bicyclic) bond motifs is 1. The number of aromatic amines is 1. The molecule has 0 fully saturated rings. The Morgan fingerprint density at radius 2 is 1.57 bits per heavy atom. The van der Waals surface area contributed by atoms with Crippen LogP contribution in [0.2, 0.25) is 0 Å². The number of hydrogen-bond acceptors (Lipinski definition) is 2. The SMILES string of the molecule is O=C(O)c1cc(-c2ccc(-c3nc4ccccc4[nH]3)cc2)cc(C(F)(F)F)c1. The molecule has 140 valence electrons. The summed E-state index contributed by atoms with van der Waals surface area (Å²) < 4.78 is 39.3. The van der Waals surface area contributed by atoms with Crippen molar-refractivity contribution in [3.05, 3.63) is 77.9 Å². The summed E-state index contributed by atoms with van der Waals surface area (Å²) >= 11 is 0. The Balaban J connectivity index is 1.74. The molecule has 3 aromatic carbocycles. The van der Waals surface area contributed by atoms with Gasteiger partial charge in [-0.1, -0.05) is 36.4 Å². The van der Waals surface area contributed by atoms with Gasteiger partial charge in [0.2, 0.25) is 0 Å². The van der Waals surface area contributed by atoms with Gasteiger partial charge in [-0.2, -0.15) is 13.2 Å². The Morgan fingerprint density at radius 1 is 0.893 bits per heavy atom. The van der Waals surface area contributed by atoms with Crippen molar-refractivity contribution in [2.45, 2.75) is 6.18 Å². The number of aromatic carboxylic acids is 1. The summed E-state index contributed by atoms with van der Waals surface area (Å²) in [6.45, 7) is 0. The molecule has 0 saturated heterocycles. The topological polar surface area (TPSA) is 66.0 Å². The molecule has 7 heteroatoms. The van der Waals surface area contributed by atoms with E-state index in [9.17, 15) is 18.0 Å². The van der Waals surface area contributed by atoms with Gasteiger partial charge < -0.3 is 10.1 Å². The first-order valence-electron chi connectivity index (χ1n) is 8.32. The quantitative estimate of drug-likeness (QED) is 0.484. The van der Waals surface area contributed by atoms with Gasteiger partial charge in [-0.3, -0.25) is 0 Å². The molecule has 0 aliphatic rings. The number of rotatable bonds is 3. The number of carboxylic acids is 1. The lowest BCUT2D eigenvalue weighted by molar-refractivity contribution is -0.137. The summed E-state index contributed by atoms with van der Waals surface area (Å²) in [7, 11) is 0. The van der Waals surface area contributed by atoms with Crippen LogP contribution < -0.4 is 0 Å². The van der Waals surface area contributed by atoms with Gasteiger partial charge in [0.1, 0.15) is 5.82 Å². The average molecular weight is 382 g/mol. The largest absolute Gasteiger partial charge is 0.478 e. The zero-order chi connectivity index (χ0) is 19.9. The van der Waals surface area contributed by atoms with Crippen molar-refractivity contribution in [1.82, 2.24) is 9.97 Å². The Hall–Kier alpha value is -3.61. The number of carbonyl (C=O) groups is 1. The number of H-pyrrole nitrogens is 1. The Kier molecular flexibility index (Phi) is 4.15. The predicted molar refractivity (Wildman–Crippen MR) is 98.9 cm³/mol. The molecule has 2 N–H and O–H groups in total. The van der Waals surface area contributed by atoms with Crippen LogP contribution in [-0.4, -0.2) is 21.0 Å². The number of nitrogens with zero attached hydrogens (tertiary/aromatic N) is 1.